The van der Waals surface area contributed by atoms with Gasteiger partial charge in [-0.25, -0.2) is 9.50 Å². The summed E-state index contributed by atoms with van der Waals surface area (Å²) in [5.74, 6) is 0.498. The molecule has 2 N–H and O–H groups in total. The standard InChI is InChI=1S/C8H9BrN4/c1-4-5(2)13-7(6(4)9)8(10)11-3-12-13/h3H,1-2H3,(H2,10,11,12). The molecule has 0 bridgehead atoms. The van der Waals surface area contributed by atoms with Crippen LogP contribution in [0, 0.1) is 13.8 Å². The number of nitrogens with two attached hydrogens (primary N) is 1. The number of fused-ring (bicyclic) bond motifs is 1. The van der Waals surface area contributed by atoms with Gasteiger partial charge < -0.3 is 5.73 Å². The first-order valence-electron chi connectivity index (χ1n) is 3.86. The predicted octanol–water partition coefficient (Wildman–Crippen LogP) is 1.69. The largest absolute Gasteiger partial charge is 0.382 e. The van der Waals surface area contributed by atoms with E-state index in [2.05, 4.69) is 26.0 Å². The van der Waals surface area contributed by atoms with Gasteiger partial charge in [-0.3, -0.25) is 0 Å². The highest BCUT2D eigenvalue weighted by atomic mass is 79.9. The number of hydrogen-bond donors (Lipinski definition) is 1. The third-order valence-electron chi connectivity index (χ3n) is 2.22. The van der Waals surface area contributed by atoms with E-state index in [4.69, 9.17) is 5.73 Å². The van der Waals surface area contributed by atoms with E-state index in [-0.39, 0.29) is 0 Å². The van der Waals surface area contributed by atoms with E-state index in [9.17, 15) is 0 Å². The number of rotatable bonds is 0. The Hall–Kier alpha value is -1.10. The fraction of sp³-hybridized carbons (Fsp3) is 0.250. The van der Waals surface area contributed by atoms with Crippen LogP contribution in [0.2, 0.25) is 0 Å². The van der Waals surface area contributed by atoms with Gasteiger partial charge >= 0.3 is 0 Å². The molecule has 0 amide bonds. The molecule has 2 aromatic heterocycles. The van der Waals surface area contributed by atoms with E-state index in [0.29, 0.717) is 5.82 Å². The van der Waals surface area contributed by atoms with Crippen LogP contribution in [-0.2, 0) is 0 Å². The number of nitrogens with zero attached hydrogens (tertiary/aromatic N) is 3. The van der Waals surface area contributed by atoms with E-state index in [1.54, 1.807) is 4.52 Å². The van der Waals surface area contributed by atoms with Crippen molar-refractivity contribution in [3.63, 3.8) is 0 Å². The van der Waals surface area contributed by atoms with E-state index in [0.717, 1.165) is 21.2 Å². The number of halogens is 1. The summed E-state index contributed by atoms with van der Waals surface area (Å²) in [6.07, 6.45) is 1.46. The molecule has 0 radical (unpaired) electrons. The molecule has 2 aromatic rings. The fourth-order valence-electron chi connectivity index (χ4n) is 1.32. The first-order valence-corrected chi connectivity index (χ1v) is 4.66. The van der Waals surface area contributed by atoms with E-state index < -0.39 is 0 Å². The van der Waals surface area contributed by atoms with Crippen molar-refractivity contribution >= 4 is 27.3 Å². The highest BCUT2D eigenvalue weighted by molar-refractivity contribution is 9.10. The first-order chi connectivity index (χ1) is 6.13. The van der Waals surface area contributed by atoms with Crippen molar-refractivity contribution in [1.29, 1.82) is 0 Å². The van der Waals surface area contributed by atoms with Crippen LogP contribution in [-0.4, -0.2) is 14.6 Å². The lowest BCUT2D eigenvalue weighted by Crippen LogP contribution is -1.99. The molecule has 0 aromatic carbocycles. The molecule has 0 saturated heterocycles. The average molecular weight is 241 g/mol. The maximum Gasteiger partial charge on any atom is 0.152 e. The van der Waals surface area contributed by atoms with Gasteiger partial charge in [0.25, 0.3) is 0 Å². The van der Waals surface area contributed by atoms with E-state index >= 15 is 0 Å². The minimum absolute atomic E-state index is 0.498. The molecule has 13 heavy (non-hydrogen) atoms. The van der Waals surface area contributed by atoms with Gasteiger partial charge in [0.1, 0.15) is 11.8 Å². The Kier molecular flexibility index (Phi) is 1.76. The predicted molar refractivity (Wildman–Crippen MR) is 54.6 cm³/mol. The highest BCUT2D eigenvalue weighted by Gasteiger charge is 2.12. The fourth-order valence-corrected chi connectivity index (χ4v) is 1.98. The smallest absolute Gasteiger partial charge is 0.152 e. The molecule has 0 unspecified atom stereocenters. The highest BCUT2D eigenvalue weighted by Crippen LogP contribution is 2.29. The van der Waals surface area contributed by atoms with Crippen molar-refractivity contribution in [1.82, 2.24) is 14.6 Å². The normalized spacial score (nSPS) is 11.0. The molecule has 4 nitrogen and oxygen atoms in total. The number of aromatic nitrogens is 3. The van der Waals surface area contributed by atoms with Crippen molar-refractivity contribution in [3.8, 4) is 0 Å². The maximum absolute atomic E-state index is 5.74. The van der Waals surface area contributed by atoms with Crippen LogP contribution in [0.1, 0.15) is 11.3 Å². The Balaban J connectivity index is 3.03. The van der Waals surface area contributed by atoms with E-state index in [1.165, 1.54) is 6.33 Å². The Labute approximate surface area is 83.9 Å². The maximum atomic E-state index is 5.74. The second-order valence-corrected chi connectivity index (χ2v) is 3.72. The molecule has 2 heterocycles. The third-order valence-corrected chi connectivity index (χ3v) is 3.19. The summed E-state index contributed by atoms with van der Waals surface area (Å²) in [5, 5.41) is 4.12. The Bertz CT molecular complexity index is 474. The van der Waals surface area contributed by atoms with Crippen molar-refractivity contribution in [2.45, 2.75) is 13.8 Å². The van der Waals surface area contributed by atoms with Crippen molar-refractivity contribution in [2.75, 3.05) is 5.73 Å². The number of aryl methyl sites for hydroxylation is 1. The van der Waals surface area contributed by atoms with Gasteiger partial charge in [-0.1, -0.05) is 0 Å². The summed E-state index contributed by atoms with van der Waals surface area (Å²) >= 11 is 3.47. The van der Waals surface area contributed by atoms with Gasteiger partial charge in [-0.2, -0.15) is 5.10 Å². The van der Waals surface area contributed by atoms with Gasteiger partial charge in [-0.05, 0) is 35.3 Å². The molecular weight excluding hydrogens is 232 g/mol. The van der Waals surface area contributed by atoms with E-state index in [1.807, 2.05) is 13.8 Å². The second kappa shape index (κ2) is 2.70. The molecule has 5 heteroatoms. The van der Waals surface area contributed by atoms with Crippen LogP contribution < -0.4 is 5.73 Å². The molecular formula is C8H9BrN4. The Morgan fingerprint density at radius 3 is 2.77 bits per heavy atom. The van der Waals surface area contributed by atoms with Crippen LogP contribution in [0.4, 0.5) is 5.82 Å². The van der Waals surface area contributed by atoms with Gasteiger partial charge in [0, 0.05) is 5.69 Å². The topological polar surface area (TPSA) is 56.2 Å². The second-order valence-electron chi connectivity index (χ2n) is 2.93. The molecule has 2 rings (SSSR count). The summed E-state index contributed by atoms with van der Waals surface area (Å²) in [4.78, 5) is 3.94. The minimum Gasteiger partial charge on any atom is -0.382 e. The number of anilines is 1. The van der Waals surface area contributed by atoms with Gasteiger partial charge in [0.2, 0.25) is 0 Å². The zero-order chi connectivity index (χ0) is 9.59. The lowest BCUT2D eigenvalue weighted by Gasteiger charge is -1.97. The molecule has 0 aliphatic rings. The molecule has 0 aliphatic carbocycles. The van der Waals surface area contributed by atoms with Crippen LogP contribution in [0.3, 0.4) is 0 Å². The quantitative estimate of drug-likeness (QED) is 0.763. The average Bonchev–Trinajstić information content (AvgIpc) is 2.33. The lowest BCUT2D eigenvalue weighted by molar-refractivity contribution is 0.871. The monoisotopic (exact) mass is 240 g/mol. The summed E-state index contributed by atoms with van der Waals surface area (Å²) in [6, 6.07) is 0. The summed E-state index contributed by atoms with van der Waals surface area (Å²) < 4.78 is 2.77. The molecule has 0 atom stereocenters. The molecule has 68 valence electrons. The van der Waals surface area contributed by atoms with Gasteiger partial charge in [0.05, 0.1) is 4.47 Å². The Morgan fingerprint density at radius 1 is 1.46 bits per heavy atom. The van der Waals surface area contributed by atoms with Crippen LogP contribution >= 0.6 is 15.9 Å². The SMILES string of the molecule is Cc1c(Br)c2c(N)ncnn2c1C. The summed E-state index contributed by atoms with van der Waals surface area (Å²) in [7, 11) is 0. The molecule has 0 aliphatic heterocycles. The summed E-state index contributed by atoms with van der Waals surface area (Å²) in [6.45, 7) is 4.02. The number of hydrogen-bond acceptors (Lipinski definition) is 3. The summed E-state index contributed by atoms with van der Waals surface area (Å²) in [5.41, 5.74) is 8.81. The minimum atomic E-state index is 0.498. The van der Waals surface area contributed by atoms with Crippen molar-refractivity contribution in [3.05, 3.63) is 22.1 Å². The first kappa shape index (κ1) is 8.50. The van der Waals surface area contributed by atoms with Crippen molar-refractivity contribution < 1.29 is 0 Å². The van der Waals surface area contributed by atoms with Crippen LogP contribution in [0.25, 0.3) is 5.52 Å². The molecule has 0 fully saturated rings. The van der Waals surface area contributed by atoms with Gasteiger partial charge in [0.15, 0.2) is 5.82 Å². The Morgan fingerprint density at radius 2 is 2.15 bits per heavy atom. The lowest BCUT2D eigenvalue weighted by atomic mass is 10.3. The van der Waals surface area contributed by atoms with Crippen LogP contribution in [0.5, 0.6) is 0 Å². The number of nitrogen functional groups attached to an aromatic ring is 1. The molecule has 0 saturated carbocycles. The zero-order valence-corrected chi connectivity index (χ0v) is 8.96. The van der Waals surface area contributed by atoms with Gasteiger partial charge in [-0.15, -0.1) is 0 Å². The van der Waals surface area contributed by atoms with Crippen molar-refractivity contribution in [2.24, 2.45) is 0 Å². The van der Waals surface area contributed by atoms with Crippen LogP contribution in [0.15, 0.2) is 10.8 Å². The third kappa shape index (κ3) is 1.03. The zero-order valence-electron chi connectivity index (χ0n) is 7.37. The molecule has 0 spiro atoms.